The largest absolute Gasteiger partial charge is 0.481 e. The van der Waals surface area contributed by atoms with Gasteiger partial charge in [0.05, 0.1) is 0 Å². The van der Waals surface area contributed by atoms with Gasteiger partial charge in [-0.05, 0) is 35.7 Å². The van der Waals surface area contributed by atoms with Crippen LogP contribution in [-0.4, -0.2) is 12.6 Å². The fourth-order valence-corrected chi connectivity index (χ4v) is 3.31. The second-order valence-electron chi connectivity index (χ2n) is 6.73. The number of carbonyl (C=O) groups is 1. The van der Waals surface area contributed by atoms with Crippen molar-refractivity contribution in [2.75, 3.05) is 6.61 Å². The first-order valence-corrected chi connectivity index (χ1v) is 9.69. The summed E-state index contributed by atoms with van der Waals surface area (Å²) in [6.45, 7) is 1.72. The molecule has 1 aromatic heterocycles. The second-order valence-corrected chi connectivity index (χ2v) is 6.73. The number of hydrogen-bond acceptors (Lipinski definition) is 5. The number of benzene rings is 3. The molecule has 1 heterocycles. The van der Waals surface area contributed by atoms with Gasteiger partial charge in [0.25, 0.3) is 0 Å². The van der Waals surface area contributed by atoms with Gasteiger partial charge >= 0.3 is 11.6 Å². The molecule has 0 radical (unpaired) electrons. The summed E-state index contributed by atoms with van der Waals surface area (Å²) < 4.78 is 16.3. The Morgan fingerprint density at radius 1 is 0.933 bits per heavy atom. The Kier molecular flexibility index (Phi) is 5.61. The van der Waals surface area contributed by atoms with Crippen LogP contribution in [-0.2, 0) is 11.2 Å². The van der Waals surface area contributed by atoms with E-state index in [2.05, 4.69) is 0 Å². The van der Waals surface area contributed by atoms with E-state index >= 15 is 0 Å². The van der Waals surface area contributed by atoms with Crippen LogP contribution in [0.2, 0.25) is 0 Å². The van der Waals surface area contributed by atoms with Crippen LogP contribution in [0.5, 0.6) is 11.5 Å². The van der Waals surface area contributed by atoms with Gasteiger partial charge in [-0.15, -0.1) is 0 Å². The molecule has 0 unspecified atom stereocenters. The number of ether oxygens (including phenoxy) is 2. The zero-order valence-corrected chi connectivity index (χ0v) is 16.5. The molecule has 5 nitrogen and oxygen atoms in total. The fourth-order valence-electron chi connectivity index (χ4n) is 3.31. The molecular weight excluding hydrogens is 380 g/mol. The van der Waals surface area contributed by atoms with Crippen molar-refractivity contribution in [1.82, 2.24) is 0 Å². The van der Waals surface area contributed by atoms with E-state index in [1.54, 1.807) is 18.2 Å². The Morgan fingerprint density at radius 2 is 1.70 bits per heavy atom. The van der Waals surface area contributed by atoms with Gasteiger partial charge in [0.15, 0.2) is 6.61 Å². The van der Waals surface area contributed by atoms with Gasteiger partial charge in [0, 0.05) is 23.1 Å². The maximum Gasteiger partial charge on any atom is 0.349 e. The fraction of sp³-hybridized carbons (Fsp3) is 0.120. The number of fused-ring (bicyclic) bond motifs is 1. The van der Waals surface area contributed by atoms with E-state index in [0.29, 0.717) is 23.5 Å². The zero-order chi connectivity index (χ0) is 20.9. The summed E-state index contributed by atoms with van der Waals surface area (Å²) in [5.74, 6) is 0.341. The third kappa shape index (κ3) is 4.25. The summed E-state index contributed by atoms with van der Waals surface area (Å²) in [5.41, 5.74) is 2.74. The minimum absolute atomic E-state index is 0.249. The van der Waals surface area contributed by atoms with Crippen molar-refractivity contribution in [3.8, 4) is 22.6 Å². The Labute approximate surface area is 173 Å². The highest BCUT2D eigenvalue weighted by molar-refractivity contribution is 5.83. The van der Waals surface area contributed by atoms with Crippen LogP contribution >= 0.6 is 0 Å². The van der Waals surface area contributed by atoms with Crippen LogP contribution in [0.15, 0.2) is 88.1 Å². The molecular formula is C25H20O5. The Hall–Kier alpha value is -3.86. The maximum atomic E-state index is 12.3. The van der Waals surface area contributed by atoms with Crippen molar-refractivity contribution in [2.45, 2.75) is 13.3 Å². The molecule has 0 saturated carbocycles. The molecule has 4 rings (SSSR count). The van der Waals surface area contributed by atoms with Crippen molar-refractivity contribution >= 4 is 16.9 Å². The zero-order valence-electron chi connectivity index (χ0n) is 16.5. The molecule has 0 aliphatic carbocycles. The standard InChI is InChI=1S/C25H20O5/c1-2-17-14-24(26)30-23-15-19(12-13-21(17)23)29-25(27)16-28-22-11-7-6-10-20(22)18-8-4-3-5-9-18/h3-15H,2,16H2,1H3. The maximum absolute atomic E-state index is 12.3. The number of carbonyl (C=O) groups excluding carboxylic acids is 1. The lowest BCUT2D eigenvalue weighted by molar-refractivity contribution is -0.136. The Bertz CT molecular complexity index is 1240. The summed E-state index contributed by atoms with van der Waals surface area (Å²) in [4.78, 5) is 24.0. The third-order valence-electron chi connectivity index (χ3n) is 4.73. The van der Waals surface area contributed by atoms with Gasteiger partial charge < -0.3 is 13.9 Å². The molecule has 0 saturated heterocycles. The lowest BCUT2D eigenvalue weighted by atomic mass is 10.1. The molecule has 0 aliphatic heterocycles. The van der Waals surface area contributed by atoms with Gasteiger partial charge in [-0.3, -0.25) is 0 Å². The molecule has 3 aromatic carbocycles. The van der Waals surface area contributed by atoms with Crippen molar-refractivity contribution in [3.05, 3.63) is 94.8 Å². The molecule has 4 aromatic rings. The molecule has 30 heavy (non-hydrogen) atoms. The SMILES string of the molecule is CCc1cc(=O)oc2cc(OC(=O)COc3ccccc3-c3ccccc3)ccc12. The van der Waals surface area contributed by atoms with Crippen LogP contribution in [0.4, 0.5) is 0 Å². The summed E-state index contributed by atoms with van der Waals surface area (Å²) in [7, 11) is 0. The summed E-state index contributed by atoms with van der Waals surface area (Å²) in [6, 6.07) is 23.8. The average Bonchev–Trinajstić information content (AvgIpc) is 2.77. The van der Waals surface area contributed by atoms with Crippen LogP contribution < -0.4 is 15.1 Å². The van der Waals surface area contributed by atoms with E-state index in [-0.39, 0.29) is 6.61 Å². The molecule has 0 N–H and O–H groups in total. The van der Waals surface area contributed by atoms with Gasteiger partial charge in [-0.1, -0.05) is 55.5 Å². The predicted molar refractivity (Wildman–Crippen MR) is 115 cm³/mol. The number of esters is 1. The first-order chi connectivity index (χ1) is 14.6. The monoisotopic (exact) mass is 400 g/mol. The van der Waals surface area contributed by atoms with Crippen molar-refractivity contribution in [1.29, 1.82) is 0 Å². The summed E-state index contributed by atoms with van der Waals surface area (Å²) in [6.07, 6.45) is 0.704. The molecule has 5 heteroatoms. The molecule has 0 fully saturated rings. The average molecular weight is 400 g/mol. The molecule has 0 amide bonds. The topological polar surface area (TPSA) is 65.7 Å². The molecule has 0 aliphatic rings. The Morgan fingerprint density at radius 3 is 2.50 bits per heavy atom. The highest BCUT2D eigenvalue weighted by Gasteiger charge is 2.12. The smallest absolute Gasteiger partial charge is 0.349 e. The van der Waals surface area contributed by atoms with Crippen LogP contribution in [0.1, 0.15) is 12.5 Å². The number of aryl methyl sites for hydroxylation is 1. The normalized spacial score (nSPS) is 10.7. The lowest BCUT2D eigenvalue weighted by Gasteiger charge is -2.11. The summed E-state index contributed by atoms with van der Waals surface area (Å²) in [5, 5.41) is 0.824. The number of hydrogen-bond donors (Lipinski definition) is 0. The van der Waals surface area contributed by atoms with Crippen molar-refractivity contribution in [3.63, 3.8) is 0 Å². The van der Waals surface area contributed by atoms with Crippen LogP contribution in [0, 0.1) is 0 Å². The van der Waals surface area contributed by atoms with Crippen LogP contribution in [0.3, 0.4) is 0 Å². The second kappa shape index (κ2) is 8.66. The predicted octanol–water partition coefficient (Wildman–Crippen LogP) is 5.01. The highest BCUT2D eigenvalue weighted by Crippen LogP contribution is 2.29. The quantitative estimate of drug-likeness (QED) is 0.259. The van der Waals surface area contributed by atoms with Gasteiger partial charge in [-0.25, -0.2) is 9.59 Å². The first kappa shape index (κ1) is 19.5. The molecule has 0 spiro atoms. The van der Waals surface area contributed by atoms with Crippen LogP contribution in [0.25, 0.3) is 22.1 Å². The third-order valence-corrected chi connectivity index (χ3v) is 4.73. The van der Waals surface area contributed by atoms with E-state index in [4.69, 9.17) is 13.9 Å². The van der Waals surface area contributed by atoms with E-state index in [1.807, 2.05) is 61.5 Å². The van der Waals surface area contributed by atoms with E-state index < -0.39 is 11.6 Å². The summed E-state index contributed by atoms with van der Waals surface area (Å²) >= 11 is 0. The van der Waals surface area contributed by atoms with Crippen molar-refractivity contribution in [2.24, 2.45) is 0 Å². The van der Waals surface area contributed by atoms with Crippen molar-refractivity contribution < 1.29 is 18.7 Å². The number of para-hydroxylation sites is 1. The van der Waals surface area contributed by atoms with E-state index in [9.17, 15) is 9.59 Å². The first-order valence-electron chi connectivity index (χ1n) is 9.69. The molecule has 150 valence electrons. The van der Waals surface area contributed by atoms with E-state index in [0.717, 1.165) is 22.1 Å². The lowest BCUT2D eigenvalue weighted by Crippen LogP contribution is -2.18. The minimum atomic E-state index is -0.550. The minimum Gasteiger partial charge on any atom is -0.481 e. The van der Waals surface area contributed by atoms with Gasteiger partial charge in [-0.2, -0.15) is 0 Å². The van der Waals surface area contributed by atoms with E-state index in [1.165, 1.54) is 6.07 Å². The Balaban J connectivity index is 1.48. The molecule has 0 atom stereocenters. The van der Waals surface area contributed by atoms with Gasteiger partial charge in [0.1, 0.15) is 17.1 Å². The van der Waals surface area contributed by atoms with Gasteiger partial charge in [0.2, 0.25) is 0 Å². The molecule has 0 bridgehead atoms. The number of rotatable bonds is 6. The highest BCUT2D eigenvalue weighted by atomic mass is 16.6.